The molecule has 6 heteroatoms. The van der Waals surface area contributed by atoms with Crippen LogP contribution in [0.3, 0.4) is 0 Å². The lowest BCUT2D eigenvalue weighted by Gasteiger charge is -2.10. The number of nitrogens with one attached hydrogen (secondary N) is 3. The molecule has 0 aliphatic carbocycles. The first-order chi connectivity index (χ1) is 13.7. The molecule has 3 aromatic rings. The summed E-state index contributed by atoms with van der Waals surface area (Å²) in [6, 6.07) is 25.4. The van der Waals surface area contributed by atoms with Gasteiger partial charge in [0.05, 0.1) is 0 Å². The molecule has 0 atom stereocenters. The van der Waals surface area contributed by atoms with E-state index in [4.69, 9.17) is 17.0 Å². The van der Waals surface area contributed by atoms with Crippen molar-refractivity contribution in [2.75, 3.05) is 7.05 Å². The van der Waals surface area contributed by atoms with E-state index in [9.17, 15) is 4.79 Å². The van der Waals surface area contributed by atoms with Gasteiger partial charge in [0, 0.05) is 12.6 Å². The van der Waals surface area contributed by atoms with Gasteiger partial charge in [-0.1, -0.05) is 54.6 Å². The zero-order valence-electron chi connectivity index (χ0n) is 15.4. The number of rotatable bonds is 5. The van der Waals surface area contributed by atoms with E-state index in [1.165, 1.54) is 5.56 Å². The summed E-state index contributed by atoms with van der Waals surface area (Å²) in [6.45, 7) is 0.425. The normalized spacial score (nSPS) is 10.0. The molecule has 5 nitrogen and oxygen atoms in total. The predicted molar refractivity (Wildman–Crippen MR) is 115 cm³/mol. The summed E-state index contributed by atoms with van der Waals surface area (Å²) in [4.78, 5) is 12.0. The highest BCUT2D eigenvalue weighted by molar-refractivity contribution is 7.80. The first-order valence-electron chi connectivity index (χ1n) is 8.81. The minimum atomic E-state index is -0.262. The van der Waals surface area contributed by atoms with E-state index in [2.05, 4.69) is 28.3 Å². The lowest BCUT2D eigenvalue weighted by molar-refractivity contribution is 0.0943. The number of amides is 1. The molecule has 3 rings (SSSR count). The van der Waals surface area contributed by atoms with Crippen LogP contribution in [0.2, 0.25) is 0 Å². The van der Waals surface area contributed by atoms with Crippen molar-refractivity contribution in [3.63, 3.8) is 0 Å². The van der Waals surface area contributed by atoms with E-state index in [1.54, 1.807) is 19.2 Å². The Morgan fingerprint density at radius 1 is 0.857 bits per heavy atom. The number of benzene rings is 3. The molecule has 0 saturated carbocycles. The van der Waals surface area contributed by atoms with Gasteiger partial charge in [-0.2, -0.15) is 0 Å². The molecule has 0 fully saturated rings. The average molecular weight is 391 g/mol. The molecular weight excluding hydrogens is 370 g/mol. The monoisotopic (exact) mass is 391 g/mol. The number of carbonyl (C=O) groups is 1. The van der Waals surface area contributed by atoms with Crippen molar-refractivity contribution in [2.24, 2.45) is 0 Å². The second-order valence-electron chi connectivity index (χ2n) is 6.03. The van der Waals surface area contributed by atoms with Gasteiger partial charge in [0.25, 0.3) is 5.91 Å². The minimum Gasteiger partial charge on any atom is -0.489 e. The molecule has 3 aromatic carbocycles. The predicted octanol–water partition coefficient (Wildman–Crippen LogP) is 3.67. The smallest absolute Gasteiger partial charge is 0.269 e. The van der Waals surface area contributed by atoms with Crippen LogP contribution >= 0.6 is 12.2 Å². The first kappa shape index (κ1) is 19.4. The van der Waals surface area contributed by atoms with E-state index in [1.807, 2.05) is 54.6 Å². The van der Waals surface area contributed by atoms with Crippen LogP contribution in [-0.2, 0) is 6.61 Å². The summed E-state index contributed by atoms with van der Waals surface area (Å²) in [5.74, 6) is 0.535. The number of ether oxygens (including phenoxy) is 1. The molecule has 0 aliphatic rings. The van der Waals surface area contributed by atoms with Crippen LogP contribution in [0.5, 0.6) is 5.75 Å². The van der Waals surface area contributed by atoms with Crippen LogP contribution in [0.25, 0.3) is 11.1 Å². The zero-order valence-corrected chi connectivity index (χ0v) is 16.3. The van der Waals surface area contributed by atoms with E-state index < -0.39 is 0 Å². The Kier molecular flexibility index (Phi) is 6.59. The Balaban J connectivity index is 1.53. The fraction of sp³-hybridized carbons (Fsp3) is 0.0909. The number of carbonyl (C=O) groups excluding carboxylic acids is 1. The Labute approximate surface area is 169 Å². The summed E-state index contributed by atoms with van der Waals surface area (Å²) in [7, 11) is 1.67. The fourth-order valence-corrected chi connectivity index (χ4v) is 2.59. The van der Waals surface area contributed by atoms with Crippen molar-refractivity contribution in [3.05, 3.63) is 90.0 Å². The molecule has 0 aliphatic heterocycles. The number of hydrazine groups is 1. The van der Waals surface area contributed by atoms with Crippen molar-refractivity contribution in [3.8, 4) is 16.9 Å². The van der Waals surface area contributed by atoms with Crippen LogP contribution in [-0.4, -0.2) is 18.1 Å². The van der Waals surface area contributed by atoms with Gasteiger partial charge in [-0.05, 0) is 53.2 Å². The molecular formula is C22H21N3O2S. The molecule has 0 heterocycles. The standard InChI is InChI=1S/C22H21N3O2S/c1-23-22(28)25-24-21(26)19-9-7-16(8-10-19)15-27-20-13-11-18(12-14-20)17-5-3-2-4-6-17/h2-14H,15H2,1H3,(H,24,26)(H2,23,25,28). The molecule has 1 amide bonds. The summed E-state index contributed by atoms with van der Waals surface area (Å²) in [5, 5.41) is 3.06. The topological polar surface area (TPSA) is 62.4 Å². The molecule has 0 radical (unpaired) electrons. The Hall–Kier alpha value is -3.38. The molecule has 0 spiro atoms. The first-order valence-corrected chi connectivity index (χ1v) is 9.22. The summed E-state index contributed by atoms with van der Waals surface area (Å²) in [5.41, 5.74) is 8.95. The number of hydrogen-bond acceptors (Lipinski definition) is 3. The maximum atomic E-state index is 12.0. The van der Waals surface area contributed by atoms with Crippen LogP contribution in [0.4, 0.5) is 0 Å². The summed E-state index contributed by atoms with van der Waals surface area (Å²) >= 11 is 4.91. The third kappa shape index (κ3) is 5.31. The third-order valence-electron chi connectivity index (χ3n) is 4.10. The molecule has 0 bridgehead atoms. The van der Waals surface area contributed by atoms with Crippen molar-refractivity contribution < 1.29 is 9.53 Å². The Morgan fingerprint density at radius 3 is 2.14 bits per heavy atom. The van der Waals surface area contributed by atoms with Gasteiger partial charge in [0.2, 0.25) is 0 Å². The SMILES string of the molecule is CNC(=S)NNC(=O)c1ccc(COc2ccc(-c3ccccc3)cc2)cc1. The van der Waals surface area contributed by atoms with Gasteiger partial charge >= 0.3 is 0 Å². The van der Waals surface area contributed by atoms with Gasteiger partial charge in [0.1, 0.15) is 12.4 Å². The summed E-state index contributed by atoms with van der Waals surface area (Å²) < 4.78 is 5.84. The average Bonchev–Trinajstić information content (AvgIpc) is 2.77. The highest BCUT2D eigenvalue weighted by Crippen LogP contribution is 2.22. The Morgan fingerprint density at radius 2 is 1.50 bits per heavy atom. The molecule has 0 aromatic heterocycles. The van der Waals surface area contributed by atoms with Crippen LogP contribution < -0.4 is 20.9 Å². The molecule has 0 unspecified atom stereocenters. The lowest BCUT2D eigenvalue weighted by Crippen LogP contribution is -2.45. The highest BCUT2D eigenvalue weighted by Gasteiger charge is 2.06. The summed E-state index contributed by atoms with van der Waals surface area (Å²) in [6.07, 6.45) is 0. The van der Waals surface area contributed by atoms with Crippen molar-refractivity contribution in [2.45, 2.75) is 6.61 Å². The van der Waals surface area contributed by atoms with Crippen LogP contribution in [0.1, 0.15) is 15.9 Å². The van der Waals surface area contributed by atoms with Crippen molar-refractivity contribution in [1.29, 1.82) is 0 Å². The molecule has 28 heavy (non-hydrogen) atoms. The van der Waals surface area contributed by atoms with Gasteiger partial charge in [-0.25, -0.2) is 0 Å². The van der Waals surface area contributed by atoms with Gasteiger partial charge in [-0.15, -0.1) is 0 Å². The van der Waals surface area contributed by atoms with Gasteiger partial charge < -0.3 is 10.1 Å². The maximum Gasteiger partial charge on any atom is 0.269 e. The van der Waals surface area contributed by atoms with Crippen LogP contribution in [0.15, 0.2) is 78.9 Å². The van der Waals surface area contributed by atoms with Crippen LogP contribution in [0, 0.1) is 0 Å². The second kappa shape index (κ2) is 9.53. The molecule has 3 N–H and O–H groups in total. The Bertz CT molecular complexity index is 926. The second-order valence-corrected chi connectivity index (χ2v) is 6.44. The number of hydrogen-bond donors (Lipinski definition) is 3. The lowest BCUT2D eigenvalue weighted by atomic mass is 10.1. The quantitative estimate of drug-likeness (QED) is 0.458. The number of thiocarbonyl (C=S) groups is 1. The van der Waals surface area contributed by atoms with Gasteiger partial charge in [-0.3, -0.25) is 15.6 Å². The van der Waals surface area contributed by atoms with E-state index >= 15 is 0 Å². The fourth-order valence-electron chi connectivity index (χ4n) is 2.54. The van der Waals surface area contributed by atoms with Crippen molar-refractivity contribution in [1.82, 2.24) is 16.2 Å². The third-order valence-corrected chi connectivity index (χ3v) is 4.41. The van der Waals surface area contributed by atoms with E-state index in [0.717, 1.165) is 16.9 Å². The van der Waals surface area contributed by atoms with E-state index in [0.29, 0.717) is 17.3 Å². The highest BCUT2D eigenvalue weighted by atomic mass is 32.1. The van der Waals surface area contributed by atoms with E-state index in [-0.39, 0.29) is 5.91 Å². The zero-order chi connectivity index (χ0) is 19.8. The van der Waals surface area contributed by atoms with Gasteiger partial charge in [0.15, 0.2) is 5.11 Å². The molecule has 142 valence electrons. The van der Waals surface area contributed by atoms with Crippen molar-refractivity contribution >= 4 is 23.2 Å². The largest absolute Gasteiger partial charge is 0.489 e. The molecule has 0 saturated heterocycles. The minimum absolute atomic E-state index is 0.262. The maximum absolute atomic E-state index is 12.0.